The van der Waals surface area contributed by atoms with E-state index in [0.29, 0.717) is 35.1 Å². The largest absolute Gasteiger partial charge is 0.494 e. The number of hydrogen-bond donors (Lipinski definition) is 0. The summed E-state index contributed by atoms with van der Waals surface area (Å²) in [6, 6.07) is 21.4. The number of hydrogen-bond acceptors (Lipinski definition) is 7. The number of methoxy groups -OCH3 is 1. The van der Waals surface area contributed by atoms with Crippen LogP contribution in [0.1, 0.15) is 29.3 Å². The number of anilines is 1. The maximum absolute atomic E-state index is 13.7. The number of benzene rings is 3. The third-order valence-corrected chi connectivity index (χ3v) is 9.33. The maximum Gasteiger partial charge on any atom is 0.260 e. The highest BCUT2D eigenvalue weighted by atomic mass is 32.2. The Morgan fingerprint density at radius 3 is 2.31 bits per heavy atom. The molecule has 39 heavy (non-hydrogen) atoms. The predicted molar refractivity (Wildman–Crippen MR) is 157 cm³/mol. The van der Waals surface area contributed by atoms with Gasteiger partial charge in [0.15, 0.2) is 5.13 Å². The number of carbonyl (C=O) groups is 1. The Morgan fingerprint density at radius 2 is 1.67 bits per heavy atom. The van der Waals surface area contributed by atoms with Gasteiger partial charge >= 0.3 is 0 Å². The van der Waals surface area contributed by atoms with Crippen molar-refractivity contribution in [1.29, 1.82) is 0 Å². The number of thiazole rings is 1. The summed E-state index contributed by atoms with van der Waals surface area (Å²) < 4.78 is 34.6. The van der Waals surface area contributed by atoms with Crippen molar-refractivity contribution in [1.82, 2.24) is 14.2 Å². The molecule has 0 spiro atoms. The van der Waals surface area contributed by atoms with Gasteiger partial charge < -0.3 is 9.64 Å². The molecule has 206 valence electrons. The Kier molecular flexibility index (Phi) is 9.34. The zero-order chi connectivity index (χ0) is 28.0. The van der Waals surface area contributed by atoms with Crippen LogP contribution in [0.3, 0.4) is 0 Å². The predicted octanol–water partition coefficient (Wildman–Crippen LogP) is 5.11. The molecular weight excluding hydrogens is 532 g/mol. The minimum absolute atomic E-state index is 0.153. The van der Waals surface area contributed by atoms with Crippen molar-refractivity contribution < 1.29 is 17.9 Å². The molecule has 0 aliphatic rings. The van der Waals surface area contributed by atoms with E-state index in [1.54, 1.807) is 24.1 Å². The van der Waals surface area contributed by atoms with Crippen molar-refractivity contribution in [3.63, 3.8) is 0 Å². The van der Waals surface area contributed by atoms with E-state index >= 15 is 0 Å². The summed E-state index contributed by atoms with van der Waals surface area (Å²) >= 11 is 1.43. The summed E-state index contributed by atoms with van der Waals surface area (Å²) in [6.07, 6.45) is 0.753. The molecule has 0 aliphatic carbocycles. The lowest BCUT2D eigenvalue weighted by Gasteiger charge is -2.22. The van der Waals surface area contributed by atoms with Gasteiger partial charge in [0.1, 0.15) is 11.3 Å². The first-order valence-corrected chi connectivity index (χ1v) is 15.0. The average Bonchev–Trinajstić information content (AvgIpc) is 3.38. The lowest BCUT2D eigenvalue weighted by Crippen LogP contribution is -2.33. The molecule has 0 aliphatic heterocycles. The summed E-state index contributed by atoms with van der Waals surface area (Å²) in [5.74, 6) is 0.425. The van der Waals surface area contributed by atoms with E-state index < -0.39 is 10.0 Å². The molecule has 10 heteroatoms. The van der Waals surface area contributed by atoms with Crippen LogP contribution in [0.2, 0.25) is 0 Å². The van der Waals surface area contributed by atoms with Gasteiger partial charge in [0, 0.05) is 25.2 Å². The van der Waals surface area contributed by atoms with Gasteiger partial charge in [0.05, 0.1) is 16.7 Å². The molecule has 3 aromatic carbocycles. The normalized spacial score (nSPS) is 11.8. The third-order valence-electron chi connectivity index (χ3n) is 6.35. The standard InChI is InChI=1S/C29H34N4O4S2/c1-5-32(21-22-11-7-6-8-12-22)39(35,36)24-17-15-23(16-18-24)28(34)33(20-10-19-31(2)3)29-30-27-25(37-4)13-9-14-26(27)38-29/h6-9,11-18H,5,10,19-21H2,1-4H3. The number of aromatic nitrogens is 1. The van der Waals surface area contributed by atoms with Gasteiger partial charge in [-0.1, -0.05) is 54.7 Å². The van der Waals surface area contributed by atoms with Crippen LogP contribution in [0.15, 0.2) is 77.7 Å². The van der Waals surface area contributed by atoms with E-state index in [4.69, 9.17) is 9.72 Å². The lowest BCUT2D eigenvalue weighted by molar-refractivity contribution is 0.0986. The number of para-hydroxylation sites is 1. The summed E-state index contributed by atoms with van der Waals surface area (Å²) in [7, 11) is 1.85. The first-order valence-electron chi connectivity index (χ1n) is 12.8. The molecule has 1 heterocycles. The molecule has 0 radical (unpaired) electrons. The van der Waals surface area contributed by atoms with Crippen LogP contribution in [-0.4, -0.2) is 69.4 Å². The number of sulfonamides is 1. The smallest absolute Gasteiger partial charge is 0.260 e. The van der Waals surface area contributed by atoms with Gasteiger partial charge in [-0.25, -0.2) is 13.4 Å². The van der Waals surface area contributed by atoms with Gasteiger partial charge in [-0.05, 0) is 69.0 Å². The molecular formula is C29H34N4O4S2. The summed E-state index contributed by atoms with van der Waals surface area (Å²) in [5.41, 5.74) is 2.02. The SMILES string of the molecule is CCN(Cc1ccccc1)S(=O)(=O)c1ccc(C(=O)N(CCCN(C)C)c2nc3c(OC)cccc3s2)cc1. The molecule has 0 fully saturated rings. The number of nitrogens with zero attached hydrogens (tertiary/aromatic N) is 4. The lowest BCUT2D eigenvalue weighted by atomic mass is 10.2. The molecule has 0 atom stereocenters. The van der Waals surface area contributed by atoms with E-state index in [1.807, 2.05) is 69.6 Å². The second-order valence-corrected chi connectivity index (χ2v) is 12.3. The quantitative estimate of drug-likeness (QED) is 0.237. The van der Waals surface area contributed by atoms with Crippen LogP contribution in [0.4, 0.5) is 5.13 Å². The van der Waals surface area contributed by atoms with Gasteiger partial charge in [0.2, 0.25) is 10.0 Å². The molecule has 4 aromatic rings. The molecule has 0 unspecified atom stereocenters. The van der Waals surface area contributed by atoms with Crippen molar-refractivity contribution in [2.75, 3.05) is 45.7 Å². The molecule has 4 rings (SSSR count). The monoisotopic (exact) mass is 566 g/mol. The molecule has 0 bridgehead atoms. The fourth-order valence-electron chi connectivity index (χ4n) is 4.25. The number of carbonyl (C=O) groups excluding carboxylic acids is 1. The highest BCUT2D eigenvalue weighted by Gasteiger charge is 2.26. The first-order chi connectivity index (χ1) is 18.7. The fourth-order valence-corrected chi connectivity index (χ4v) is 6.69. The average molecular weight is 567 g/mol. The molecule has 8 nitrogen and oxygen atoms in total. The van der Waals surface area contributed by atoms with Crippen LogP contribution in [-0.2, 0) is 16.6 Å². The maximum atomic E-state index is 13.7. The van der Waals surface area contributed by atoms with E-state index in [9.17, 15) is 13.2 Å². The number of ether oxygens (including phenoxy) is 1. The van der Waals surface area contributed by atoms with E-state index in [0.717, 1.165) is 23.2 Å². The van der Waals surface area contributed by atoms with E-state index in [2.05, 4.69) is 4.90 Å². The van der Waals surface area contributed by atoms with Gasteiger partial charge in [-0.2, -0.15) is 4.31 Å². The van der Waals surface area contributed by atoms with Crippen LogP contribution in [0.25, 0.3) is 10.2 Å². The van der Waals surface area contributed by atoms with Gasteiger partial charge in [0.25, 0.3) is 5.91 Å². The summed E-state index contributed by atoms with van der Waals surface area (Å²) in [4.78, 5) is 22.4. The Bertz CT molecular complexity index is 1500. The molecule has 0 saturated carbocycles. The Morgan fingerprint density at radius 1 is 0.949 bits per heavy atom. The fraction of sp³-hybridized carbons (Fsp3) is 0.310. The van der Waals surface area contributed by atoms with Crippen molar-refractivity contribution >= 4 is 42.6 Å². The van der Waals surface area contributed by atoms with Crippen LogP contribution in [0.5, 0.6) is 5.75 Å². The van der Waals surface area contributed by atoms with Crippen LogP contribution >= 0.6 is 11.3 Å². The van der Waals surface area contributed by atoms with Crippen molar-refractivity contribution in [2.45, 2.75) is 24.8 Å². The van der Waals surface area contributed by atoms with Gasteiger partial charge in [-0.3, -0.25) is 9.69 Å². The summed E-state index contributed by atoms with van der Waals surface area (Å²) in [6.45, 7) is 3.71. The van der Waals surface area contributed by atoms with Crippen LogP contribution < -0.4 is 9.64 Å². The van der Waals surface area contributed by atoms with Crippen molar-refractivity contribution in [2.24, 2.45) is 0 Å². The van der Waals surface area contributed by atoms with E-state index in [-0.39, 0.29) is 17.3 Å². The zero-order valence-electron chi connectivity index (χ0n) is 22.7. The number of amides is 1. The highest BCUT2D eigenvalue weighted by Crippen LogP contribution is 2.35. The molecule has 1 amide bonds. The number of rotatable bonds is 12. The summed E-state index contributed by atoms with van der Waals surface area (Å²) in [5, 5.41) is 0.579. The number of fused-ring (bicyclic) bond motifs is 1. The van der Waals surface area contributed by atoms with Crippen molar-refractivity contribution in [3.8, 4) is 5.75 Å². The minimum atomic E-state index is -3.73. The zero-order valence-corrected chi connectivity index (χ0v) is 24.3. The second kappa shape index (κ2) is 12.7. The van der Waals surface area contributed by atoms with Crippen molar-refractivity contribution in [3.05, 3.63) is 83.9 Å². The first kappa shape index (κ1) is 28.7. The molecule has 0 saturated heterocycles. The van der Waals surface area contributed by atoms with E-state index in [1.165, 1.54) is 27.8 Å². The molecule has 0 N–H and O–H groups in total. The Balaban J connectivity index is 1.61. The van der Waals surface area contributed by atoms with Gasteiger partial charge in [-0.15, -0.1) is 0 Å². The Hall–Kier alpha value is -3.31. The third kappa shape index (κ3) is 6.65. The minimum Gasteiger partial charge on any atom is -0.494 e. The highest BCUT2D eigenvalue weighted by molar-refractivity contribution is 7.89. The Labute approximate surface area is 234 Å². The molecule has 1 aromatic heterocycles. The second-order valence-electron chi connectivity index (χ2n) is 9.36. The van der Waals surface area contributed by atoms with Crippen LogP contribution in [0, 0.1) is 0 Å². The topological polar surface area (TPSA) is 83.1 Å².